The van der Waals surface area contributed by atoms with E-state index in [9.17, 15) is 0 Å². The van der Waals surface area contributed by atoms with Crippen molar-refractivity contribution in [2.24, 2.45) is 11.3 Å². The van der Waals surface area contributed by atoms with Crippen LogP contribution in [0.4, 0.5) is 0 Å². The van der Waals surface area contributed by atoms with Gasteiger partial charge in [-0.3, -0.25) is 0 Å². The van der Waals surface area contributed by atoms with Crippen molar-refractivity contribution in [1.29, 1.82) is 0 Å². The second-order valence-electron chi connectivity index (χ2n) is 6.63. The van der Waals surface area contributed by atoms with Gasteiger partial charge in [0.15, 0.2) is 0 Å². The third-order valence-corrected chi connectivity index (χ3v) is 5.03. The predicted octanol–water partition coefficient (Wildman–Crippen LogP) is 4.29. The molecule has 0 aliphatic heterocycles. The van der Waals surface area contributed by atoms with Crippen LogP contribution in [-0.4, -0.2) is 13.1 Å². The van der Waals surface area contributed by atoms with E-state index in [-0.39, 0.29) is 0 Å². The minimum absolute atomic E-state index is 0.518. The van der Waals surface area contributed by atoms with E-state index in [0.717, 1.165) is 5.92 Å². The molecule has 98 valence electrons. The molecule has 0 radical (unpaired) electrons. The van der Waals surface area contributed by atoms with Crippen molar-refractivity contribution < 1.29 is 0 Å². The maximum absolute atomic E-state index is 3.63. The van der Waals surface area contributed by atoms with Gasteiger partial charge in [0.2, 0.25) is 0 Å². The molecule has 2 unspecified atom stereocenters. The Morgan fingerprint density at radius 1 is 1.24 bits per heavy atom. The molecule has 1 fully saturated rings. The SMILES string of the molecule is CNC(C1=CCCCC1)C1CCCCC1(C)C. The molecule has 17 heavy (non-hydrogen) atoms. The largest absolute Gasteiger partial charge is 0.313 e. The lowest BCUT2D eigenvalue weighted by Crippen LogP contribution is -2.44. The summed E-state index contributed by atoms with van der Waals surface area (Å²) in [7, 11) is 2.16. The lowest BCUT2D eigenvalue weighted by Gasteiger charge is -2.44. The van der Waals surface area contributed by atoms with Gasteiger partial charge in [0.25, 0.3) is 0 Å². The van der Waals surface area contributed by atoms with E-state index in [2.05, 4.69) is 32.3 Å². The third kappa shape index (κ3) is 2.93. The molecular formula is C16H29N. The molecule has 1 nitrogen and oxygen atoms in total. The molecule has 0 saturated heterocycles. The highest BCUT2D eigenvalue weighted by Gasteiger charge is 2.38. The molecule has 1 saturated carbocycles. The molecule has 0 amide bonds. The predicted molar refractivity (Wildman–Crippen MR) is 75.1 cm³/mol. The second-order valence-corrected chi connectivity index (χ2v) is 6.63. The highest BCUT2D eigenvalue weighted by molar-refractivity contribution is 5.16. The summed E-state index contributed by atoms with van der Waals surface area (Å²) < 4.78 is 0. The van der Waals surface area contributed by atoms with Gasteiger partial charge in [0.1, 0.15) is 0 Å². The van der Waals surface area contributed by atoms with Crippen molar-refractivity contribution in [1.82, 2.24) is 5.32 Å². The van der Waals surface area contributed by atoms with Crippen molar-refractivity contribution in [3.8, 4) is 0 Å². The zero-order chi connectivity index (χ0) is 12.3. The minimum Gasteiger partial charge on any atom is -0.313 e. The fourth-order valence-electron chi connectivity index (χ4n) is 3.93. The maximum Gasteiger partial charge on any atom is 0.0310 e. The van der Waals surface area contributed by atoms with Gasteiger partial charge in [-0.05, 0) is 56.9 Å². The van der Waals surface area contributed by atoms with Crippen molar-refractivity contribution >= 4 is 0 Å². The van der Waals surface area contributed by atoms with E-state index in [1.807, 2.05) is 0 Å². The minimum atomic E-state index is 0.518. The van der Waals surface area contributed by atoms with E-state index in [1.54, 1.807) is 5.57 Å². The third-order valence-electron chi connectivity index (χ3n) is 5.03. The lowest BCUT2D eigenvalue weighted by atomic mass is 9.64. The first-order valence-electron chi connectivity index (χ1n) is 7.51. The molecule has 2 atom stereocenters. The Kier molecular flexibility index (Phi) is 4.30. The standard InChI is InChI=1S/C16H29N/c1-16(2)12-8-7-11-14(16)15(17-3)13-9-5-4-6-10-13/h9,14-15,17H,4-8,10-12H2,1-3H3. The zero-order valence-electron chi connectivity index (χ0n) is 11.9. The van der Waals surface area contributed by atoms with Gasteiger partial charge in [-0.25, -0.2) is 0 Å². The summed E-state index contributed by atoms with van der Waals surface area (Å²) in [5.41, 5.74) is 2.23. The van der Waals surface area contributed by atoms with Crippen molar-refractivity contribution in [3.63, 3.8) is 0 Å². The van der Waals surface area contributed by atoms with E-state index in [1.165, 1.54) is 51.4 Å². The van der Waals surface area contributed by atoms with Gasteiger partial charge in [0, 0.05) is 6.04 Å². The zero-order valence-corrected chi connectivity index (χ0v) is 11.9. The van der Waals surface area contributed by atoms with Gasteiger partial charge in [-0.2, -0.15) is 0 Å². The van der Waals surface area contributed by atoms with Gasteiger partial charge in [-0.15, -0.1) is 0 Å². The summed E-state index contributed by atoms with van der Waals surface area (Å²) in [5, 5.41) is 3.63. The molecule has 2 aliphatic carbocycles. The maximum atomic E-state index is 3.63. The fraction of sp³-hybridized carbons (Fsp3) is 0.875. The summed E-state index contributed by atoms with van der Waals surface area (Å²) >= 11 is 0. The van der Waals surface area contributed by atoms with Crippen LogP contribution in [0.5, 0.6) is 0 Å². The van der Waals surface area contributed by atoms with Crippen LogP contribution in [0.1, 0.15) is 65.2 Å². The number of rotatable bonds is 3. The first-order valence-corrected chi connectivity index (χ1v) is 7.51. The Morgan fingerprint density at radius 2 is 2.06 bits per heavy atom. The van der Waals surface area contributed by atoms with Crippen LogP contribution in [0, 0.1) is 11.3 Å². The normalized spacial score (nSPS) is 30.8. The highest BCUT2D eigenvalue weighted by atomic mass is 14.9. The monoisotopic (exact) mass is 235 g/mol. The number of nitrogens with one attached hydrogen (secondary N) is 1. The second kappa shape index (κ2) is 5.56. The van der Waals surface area contributed by atoms with Crippen LogP contribution in [0.2, 0.25) is 0 Å². The summed E-state index contributed by atoms with van der Waals surface area (Å²) in [6.07, 6.45) is 13.6. The Bertz CT molecular complexity index is 277. The first-order chi connectivity index (χ1) is 8.15. The molecular weight excluding hydrogens is 206 g/mol. The van der Waals surface area contributed by atoms with Gasteiger partial charge >= 0.3 is 0 Å². The van der Waals surface area contributed by atoms with Crippen LogP contribution in [0.3, 0.4) is 0 Å². The first kappa shape index (κ1) is 13.1. The van der Waals surface area contributed by atoms with Crippen LogP contribution in [-0.2, 0) is 0 Å². The molecule has 2 rings (SSSR count). The van der Waals surface area contributed by atoms with Crippen molar-refractivity contribution in [3.05, 3.63) is 11.6 Å². The molecule has 1 N–H and O–H groups in total. The quantitative estimate of drug-likeness (QED) is 0.720. The van der Waals surface area contributed by atoms with Gasteiger partial charge in [-0.1, -0.05) is 38.3 Å². The Morgan fingerprint density at radius 3 is 2.65 bits per heavy atom. The number of hydrogen-bond donors (Lipinski definition) is 1. The summed E-state index contributed by atoms with van der Waals surface area (Å²) in [5.74, 6) is 0.839. The molecule has 0 bridgehead atoms. The van der Waals surface area contributed by atoms with Crippen LogP contribution < -0.4 is 5.32 Å². The van der Waals surface area contributed by atoms with Gasteiger partial charge < -0.3 is 5.32 Å². The molecule has 0 heterocycles. The molecule has 0 spiro atoms. The van der Waals surface area contributed by atoms with E-state index >= 15 is 0 Å². The van der Waals surface area contributed by atoms with E-state index in [0.29, 0.717) is 11.5 Å². The molecule has 0 aromatic heterocycles. The van der Waals surface area contributed by atoms with E-state index < -0.39 is 0 Å². The number of likely N-dealkylation sites (N-methyl/N-ethyl adjacent to an activating group) is 1. The molecule has 0 aromatic carbocycles. The average molecular weight is 235 g/mol. The van der Waals surface area contributed by atoms with Crippen molar-refractivity contribution in [2.45, 2.75) is 71.3 Å². The van der Waals surface area contributed by atoms with Crippen molar-refractivity contribution in [2.75, 3.05) is 7.05 Å². The fourth-order valence-corrected chi connectivity index (χ4v) is 3.93. The summed E-state index contributed by atoms with van der Waals surface area (Å²) in [6, 6.07) is 0.644. The average Bonchev–Trinajstić information content (AvgIpc) is 2.33. The molecule has 2 aliphatic rings. The van der Waals surface area contributed by atoms with Gasteiger partial charge in [0.05, 0.1) is 0 Å². The Labute approximate surface area is 107 Å². The smallest absolute Gasteiger partial charge is 0.0310 e. The van der Waals surface area contributed by atoms with Crippen LogP contribution in [0.15, 0.2) is 11.6 Å². The lowest BCUT2D eigenvalue weighted by molar-refractivity contribution is 0.111. The van der Waals surface area contributed by atoms with Crippen LogP contribution >= 0.6 is 0 Å². The highest BCUT2D eigenvalue weighted by Crippen LogP contribution is 2.44. The molecule has 1 heteroatoms. The summed E-state index contributed by atoms with van der Waals surface area (Å²) in [6.45, 7) is 4.95. The summed E-state index contributed by atoms with van der Waals surface area (Å²) in [4.78, 5) is 0. The Hall–Kier alpha value is -0.300. The number of hydrogen-bond acceptors (Lipinski definition) is 1. The van der Waals surface area contributed by atoms with E-state index in [4.69, 9.17) is 0 Å². The topological polar surface area (TPSA) is 12.0 Å². The number of allylic oxidation sites excluding steroid dienone is 1. The van der Waals surface area contributed by atoms with Crippen LogP contribution in [0.25, 0.3) is 0 Å². The Balaban J connectivity index is 2.13. The molecule has 0 aromatic rings.